The standard InChI is InChI=1S/C24H51N.C6H6O3/c1-4-7-10-13-16-19-22-25(23-20-17-14-11-8-5-2)24-21-18-15-12-9-6-3;7-4-2-1-3-5(8)6(4)9/h4-24H2,1-3H3;1-3,7-9H. The van der Waals surface area contributed by atoms with Gasteiger partial charge in [-0.15, -0.1) is 0 Å². The number of benzene rings is 1. The maximum Gasteiger partial charge on any atom is 0.200 e. The lowest BCUT2D eigenvalue weighted by Crippen LogP contribution is -2.27. The fourth-order valence-electron chi connectivity index (χ4n) is 4.20. The molecular weight excluding hydrogens is 422 g/mol. The van der Waals surface area contributed by atoms with Crippen LogP contribution in [0.2, 0.25) is 0 Å². The first-order valence-corrected chi connectivity index (χ1v) is 14.5. The van der Waals surface area contributed by atoms with Gasteiger partial charge in [-0.2, -0.15) is 0 Å². The molecule has 1 aromatic carbocycles. The normalized spacial score (nSPS) is 10.9. The second-order valence-corrected chi connectivity index (χ2v) is 9.79. The number of unbranched alkanes of at least 4 members (excludes halogenated alkanes) is 15. The fourth-order valence-corrected chi connectivity index (χ4v) is 4.20. The maximum atomic E-state index is 8.71. The topological polar surface area (TPSA) is 63.9 Å². The van der Waals surface area contributed by atoms with E-state index in [4.69, 9.17) is 15.3 Å². The molecule has 1 aromatic rings. The van der Waals surface area contributed by atoms with Crippen LogP contribution in [0.5, 0.6) is 17.2 Å². The van der Waals surface area contributed by atoms with Crippen molar-refractivity contribution >= 4 is 0 Å². The Balaban J connectivity index is 0.000000999. The third-order valence-corrected chi connectivity index (χ3v) is 6.48. The molecule has 0 aliphatic rings. The van der Waals surface area contributed by atoms with Crippen LogP contribution in [0.25, 0.3) is 0 Å². The van der Waals surface area contributed by atoms with Gasteiger partial charge in [-0.05, 0) is 51.0 Å². The van der Waals surface area contributed by atoms with Crippen LogP contribution in [-0.4, -0.2) is 39.9 Å². The van der Waals surface area contributed by atoms with E-state index in [1.54, 1.807) is 0 Å². The molecule has 0 aliphatic heterocycles. The number of hydrogen-bond acceptors (Lipinski definition) is 4. The van der Waals surface area contributed by atoms with Crippen LogP contribution < -0.4 is 0 Å². The Morgan fingerprint density at radius 2 is 0.765 bits per heavy atom. The largest absolute Gasteiger partial charge is 0.504 e. The van der Waals surface area contributed by atoms with E-state index < -0.39 is 5.75 Å². The summed E-state index contributed by atoms with van der Waals surface area (Å²) in [5, 5.41) is 26.1. The molecule has 1 rings (SSSR count). The molecule has 0 unspecified atom stereocenters. The number of rotatable bonds is 21. The second kappa shape index (κ2) is 24.7. The van der Waals surface area contributed by atoms with Gasteiger partial charge in [-0.1, -0.05) is 123 Å². The molecule has 4 nitrogen and oxygen atoms in total. The van der Waals surface area contributed by atoms with Gasteiger partial charge in [0.1, 0.15) is 0 Å². The average molecular weight is 480 g/mol. The average Bonchev–Trinajstić information content (AvgIpc) is 2.84. The molecule has 0 aliphatic carbocycles. The molecule has 0 heterocycles. The van der Waals surface area contributed by atoms with Gasteiger partial charge in [0, 0.05) is 0 Å². The Kier molecular flexibility index (Phi) is 23.7. The maximum absolute atomic E-state index is 8.71. The minimum atomic E-state index is -0.475. The quantitative estimate of drug-likeness (QED) is 0.121. The molecule has 0 fully saturated rings. The van der Waals surface area contributed by atoms with E-state index in [0.29, 0.717) is 0 Å². The first-order chi connectivity index (χ1) is 16.6. The van der Waals surface area contributed by atoms with Crippen LogP contribution in [0.15, 0.2) is 18.2 Å². The summed E-state index contributed by atoms with van der Waals surface area (Å²) in [6.07, 6.45) is 25.7. The van der Waals surface area contributed by atoms with Crippen LogP contribution in [0, 0.1) is 0 Å². The van der Waals surface area contributed by atoms with E-state index in [9.17, 15) is 0 Å². The van der Waals surface area contributed by atoms with Crippen molar-refractivity contribution in [1.29, 1.82) is 0 Å². The summed E-state index contributed by atoms with van der Waals surface area (Å²) in [5.74, 6) is -1.09. The van der Waals surface area contributed by atoms with Gasteiger partial charge in [0.05, 0.1) is 0 Å². The van der Waals surface area contributed by atoms with Gasteiger partial charge in [0.25, 0.3) is 0 Å². The summed E-state index contributed by atoms with van der Waals surface area (Å²) < 4.78 is 0. The molecule has 200 valence electrons. The molecule has 0 atom stereocenters. The molecule has 0 amide bonds. The van der Waals surface area contributed by atoms with Crippen LogP contribution >= 0.6 is 0 Å². The van der Waals surface area contributed by atoms with Crippen molar-refractivity contribution in [2.24, 2.45) is 0 Å². The van der Waals surface area contributed by atoms with Crippen LogP contribution in [0.3, 0.4) is 0 Å². The Labute approximate surface area is 211 Å². The van der Waals surface area contributed by atoms with Crippen molar-refractivity contribution in [3.05, 3.63) is 18.2 Å². The summed E-state index contributed by atoms with van der Waals surface area (Å²) in [6, 6.07) is 4.01. The van der Waals surface area contributed by atoms with Gasteiger partial charge in [0.2, 0.25) is 0 Å². The SMILES string of the molecule is CCCCCCCCN(CCCCCCCC)CCCCCCCC.Oc1cccc(O)c1O. The molecule has 34 heavy (non-hydrogen) atoms. The monoisotopic (exact) mass is 479 g/mol. The van der Waals surface area contributed by atoms with Gasteiger partial charge >= 0.3 is 0 Å². The van der Waals surface area contributed by atoms with E-state index in [-0.39, 0.29) is 11.5 Å². The first-order valence-electron chi connectivity index (χ1n) is 14.5. The molecule has 0 saturated heterocycles. The Morgan fingerprint density at radius 3 is 1.06 bits per heavy atom. The fraction of sp³-hybridized carbons (Fsp3) is 0.800. The highest BCUT2D eigenvalue weighted by atomic mass is 16.3. The van der Waals surface area contributed by atoms with E-state index in [2.05, 4.69) is 25.7 Å². The molecule has 0 aromatic heterocycles. The first kappa shape index (κ1) is 32.6. The number of hydrogen-bond donors (Lipinski definition) is 3. The van der Waals surface area contributed by atoms with Crippen molar-refractivity contribution in [1.82, 2.24) is 4.90 Å². The van der Waals surface area contributed by atoms with Crippen LogP contribution in [-0.2, 0) is 0 Å². The highest BCUT2D eigenvalue weighted by Crippen LogP contribution is 2.32. The molecular formula is C30H57NO3. The van der Waals surface area contributed by atoms with Crippen LogP contribution in [0.1, 0.15) is 136 Å². The summed E-state index contributed by atoms with van der Waals surface area (Å²) in [6.45, 7) is 11.0. The lowest BCUT2D eigenvalue weighted by atomic mass is 10.1. The van der Waals surface area contributed by atoms with E-state index in [0.717, 1.165) is 0 Å². The van der Waals surface area contributed by atoms with Crippen molar-refractivity contribution in [2.75, 3.05) is 19.6 Å². The van der Waals surface area contributed by atoms with Gasteiger partial charge in [-0.3, -0.25) is 0 Å². The van der Waals surface area contributed by atoms with Gasteiger partial charge < -0.3 is 20.2 Å². The molecule has 0 bridgehead atoms. The highest BCUT2D eigenvalue weighted by molar-refractivity contribution is 5.47. The third-order valence-electron chi connectivity index (χ3n) is 6.48. The number of aromatic hydroxyl groups is 3. The Morgan fingerprint density at radius 1 is 0.471 bits per heavy atom. The summed E-state index contributed by atoms with van der Waals surface area (Å²) >= 11 is 0. The highest BCUT2D eigenvalue weighted by Gasteiger charge is 2.05. The van der Waals surface area contributed by atoms with Crippen molar-refractivity contribution in [2.45, 2.75) is 136 Å². The van der Waals surface area contributed by atoms with Gasteiger partial charge in [-0.25, -0.2) is 0 Å². The summed E-state index contributed by atoms with van der Waals surface area (Å²) in [7, 11) is 0. The molecule has 0 radical (unpaired) electrons. The predicted octanol–water partition coefficient (Wildman–Crippen LogP) is 9.17. The lowest BCUT2D eigenvalue weighted by Gasteiger charge is -2.22. The number of para-hydroxylation sites is 1. The second-order valence-electron chi connectivity index (χ2n) is 9.79. The number of nitrogens with zero attached hydrogens (tertiary/aromatic N) is 1. The Bertz CT molecular complexity index is 492. The minimum Gasteiger partial charge on any atom is -0.504 e. The van der Waals surface area contributed by atoms with Gasteiger partial charge in [0.15, 0.2) is 17.2 Å². The minimum absolute atomic E-state index is 0.310. The van der Waals surface area contributed by atoms with Crippen molar-refractivity contribution < 1.29 is 15.3 Å². The van der Waals surface area contributed by atoms with Crippen molar-refractivity contribution in [3.8, 4) is 17.2 Å². The number of phenolic OH excluding ortho intramolecular Hbond substituents is 3. The van der Waals surface area contributed by atoms with E-state index >= 15 is 0 Å². The molecule has 0 spiro atoms. The Hall–Kier alpha value is -1.42. The molecule has 0 saturated carbocycles. The molecule has 3 N–H and O–H groups in total. The zero-order chi connectivity index (χ0) is 25.3. The predicted molar refractivity (Wildman–Crippen MR) is 148 cm³/mol. The van der Waals surface area contributed by atoms with Crippen LogP contribution in [0.4, 0.5) is 0 Å². The summed E-state index contributed by atoms with van der Waals surface area (Å²) in [5.41, 5.74) is 0. The third kappa shape index (κ3) is 20.0. The summed E-state index contributed by atoms with van der Waals surface area (Å²) in [4.78, 5) is 2.79. The smallest absolute Gasteiger partial charge is 0.200 e. The lowest BCUT2D eigenvalue weighted by molar-refractivity contribution is 0.254. The zero-order valence-electron chi connectivity index (χ0n) is 22.9. The zero-order valence-corrected chi connectivity index (χ0v) is 22.9. The van der Waals surface area contributed by atoms with E-state index in [1.165, 1.54) is 153 Å². The molecule has 4 heteroatoms. The van der Waals surface area contributed by atoms with E-state index in [1.807, 2.05) is 0 Å². The van der Waals surface area contributed by atoms with Crippen molar-refractivity contribution in [3.63, 3.8) is 0 Å². The number of phenols is 3.